The summed E-state index contributed by atoms with van der Waals surface area (Å²) in [6.45, 7) is 3.90. The van der Waals surface area contributed by atoms with Gasteiger partial charge in [0.2, 0.25) is 11.8 Å². The molecule has 1 N–H and O–H groups in total. The fourth-order valence-electron chi connectivity index (χ4n) is 3.59. The van der Waals surface area contributed by atoms with Crippen LogP contribution in [0.4, 0.5) is 18.9 Å². The Hall–Kier alpha value is -3.56. The maximum absolute atomic E-state index is 12.7. The van der Waals surface area contributed by atoms with E-state index in [4.69, 9.17) is 4.74 Å². The first-order chi connectivity index (χ1) is 16.1. The summed E-state index contributed by atoms with van der Waals surface area (Å²) in [6, 6.07) is 11.2. The maximum atomic E-state index is 12.7. The SMILES string of the molecule is CCC(=O)Nc1ccc(CN2N=C(c3ccc(OC(F)(F)F)c(OC)c3)C(CC)CC2=O)cc1. The second-order valence-corrected chi connectivity index (χ2v) is 7.76. The molecule has 1 aliphatic heterocycles. The monoisotopic (exact) mass is 477 g/mol. The van der Waals surface area contributed by atoms with E-state index in [0.29, 0.717) is 29.8 Å². The Bertz CT molecular complexity index is 1070. The Morgan fingerprint density at radius 3 is 2.44 bits per heavy atom. The summed E-state index contributed by atoms with van der Waals surface area (Å²) in [5, 5.41) is 8.67. The number of halogens is 3. The van der Waals surface area contributed by atoms with E-state index in [9.17, 15) is 22.8 Å². The third kappa shape index (κ3) is 6.27. The number of ether oxygens (including phenoxy) is 2. The lowest BCUT2D eigenvalue weighted by molar-refractivity contribution is -0.275. The van der Waals surface area contributed by atoms with Gasteiger partial charge in [-0.05, 0) is 42.3 Å². The minimum absolute atomic E-state index is 0.0828. The average molecular weight is 477 g/mol. The molecule has 0 radical (unpaired) electrons. The van der Waals surface area contributed by atoms with Crippen LogP contribution < -0.4 is 14.8 Å². The van der Waals surface area contributed by atoms with Gasteiger partial charge in [-0.25, -0.2) is 5.01 Å². The lowest BCUT2D eigenvalue weighted by Crippen LogP contribution is -2.36. The minimum Gasteiger partial charge on any atom is -0.493 e. The number of nitrogens with zero attached hydrogens (tertiary/aromatic N) is 2. The van der Waals surface area contributed by atoms with E-state index in [1.807, 2.05) is 6.92 Å². The first kappa shape index (κ1) is 25.1. The van der Waals surface area contributed by atoms with Gasteiger partial charge in [0.1, 0.15) is 0 Å². The Morgan fingerprint density at radius 2 is 1.85 bits per heavy atom. The van der Waals surface area contributed by atoms with Crippen molar-refractivity contribution in [3.8, 4) is 11.5 Å². The first-order valence-corrected chi connectivity index (χ1v) is 10.8. The standard InChI is InChI=1S/C24H26F3N3O4/c1-4-16-13-22(32)30(14-15-6-9-18(10-7-15)28-21(31)5-2)29-23(16)17-8-11-19(20(12-17)33-3)34-24(25,26)27/h6-12,16H,4-5,13-14H2,1-3H3,(H,28,31). The third-order valence-corrected chi connectivity index (χ3v) is 5.39. The molecule has 1 aliphatic rings. The van der Waals surface area contributed by atoms with Gasteiger partial charge in [-0.3, -0.25) is 9.59 Å². The quantitative estimate of drug-likeness (QED) is 0.573. The lowest BCUT2D eigenvalue weighted by atomic mass is 9.89. The molecule has 0 spiro atoms. The van der Waals surface area contributed by atoms with E-state index in [-0.39, 0.29) is 36.4 Å². The van der Waals surface area contributed by atoms with Gasteiger partial charge in [0, 0.05) is 30.0 Å². The van der Waals surface area contributed by atoms with Gasteiger partial charge in [-0.1, -0.05) is 26.0 Å². The molecular formula is C24H26F3N3O4. The van der Waals surface area contributed by atoms with Gasteiger partial charge in [0.15, 0.2) is 11.5 Å². The van der Waals surface area contributed by atoms with Crippen LogP contribution in [0.3, 0.4) is 0 Å². The summed E-state index contributed by atoms with van der Waals surface area (Å²) in [6.07, 6.45) is -3.62. The van der Waals surface area contributed by atoms with Crippen LogP contribution in [0.25, 0.3) is 0 Å². The fraction of sp³-hybridized carbons (Fsp3) is 0.375. The van der Waals surface area contributed by atoms with Crippen molar-refractivity contribution in [2.75, 3.05) is 12.4 Å². The van der Waals surface area contributed by atoms with Crippen LogP contribution in [0, 0.1) is 5.92 Å². The van der Waals surface area contributed by atoms with Gasteiger partial charge in [0.25, 0.3) is 0 Å². The van der Waals surface area contributed by atoms with E-state index < -0.39 is 12.1 Å². The Morgan fingerprint density at radius 1 is 1.15 bits per heavy atom. The highest BCUT2D eigenvalue weighted by Crippen LogP contribution is 2.35. The molecule has 0 saturated carbocycles. The molecule has 0 bridgehead atoms. The summed E-state index contributed by atoms with van der Waals surface area (Å²) in [7, 11) is 1.25. The van der Waals surface area contributed by atoms with Crippen molar-refractivity contribution in [2.45, 2.75) is 46.0 Å². The van der Waals surface area contributed by atoms with Crippen molar-refractivity contribution in [1.29, 1.82) is 0 Å². The second kappa shape index (κ2) is 10.6. The molecule has 1 heterocycles. The highest BCUT2D eigenvalue weighted by atomic mass is 19.4. The van der Waals surface area contributed by atoms with Crippen molar-refractivity contribution in [3.63, 3.8) is 0 Å². The number of alkyl halides is 3. The molecule has 0 aromatic heterocycles. The van der Waals surface area contributed by atoms with Crippen LogP contribution in [0.15, 0.2) is 47.6 Å². The Labute approximate surface area is 195 Å². The summed E-state index contributed by atoms with van der Waals surface area (Å²) >= 11 is 0. The topological polar surface area (TPSA) is 80.2 Å². The van der Waals surface area contributed by atoms with Crippen LogP contribution >= 0.6 is 0 Å². The van der Waals surface area contributed by atoms with Crippen molar-refractivity contribution in [3.05, 3.63) is 53.6 Å². The maximum Gasteiger partial charge on any atom is 0.573 e. The third-order valence-electron chi connectivity index (χ3n) is 5.39. The molecule has 7 nitrogen and oxygen atoms in total. The van der Waals surface area contributed by atoms with Gasteiger partial charge < -0.3 is 14.8 Å². The molecule has 3 rings (SSSR count). The Balaban J connectivity index is 1.86. The van der Waals surface area contributed by atoms with Gasteiger partial charge >= 0.3 is 6.36 Å². The number of carbonyl (C=O) groups excluding carboxylic acids is 2. The summed E-state index contributed by atoms with van der Waals surface area (Å²) < 4.78 is 47.1. The average Bonchev–Trinajstić information content (AvgIpc) is 2.80. The molecule has 0 saturated heterocycles. The van der Waals surface area contributed by atoms with E-state index in [0.717, 1.165) is 5.56 Å². The highest BCUT2D eigenvalue weighted by Gasteiger charge is 2.33. The summed E-state index contributed by atoms with van der Waals surface area (Å²) in [4.78, 5) is 24.3. The number of hydrogen-bond donors (Lipinski definition) is 1. The van der Waals surface area contributed by atoms with E-state index >= 15 is 0 Å². The molecule has 34 heavy (non-hydrogen) atoms. The zero-order chi connectivity index (χ0) is 24.9. The number of anilines is 1. The Kier molecular flexibility index (Phi) is 7.80. The largest absolute Gasteiger partial charge is 0.573 e. The lowest BCUT2D eigenvalue weighted by Gasteiger charge is -2.29. The van der Waals surface area contributed by atoms with Crippen LogP contribution in [-0.4, -0.2) is 36.0 Å². The fourth-order valence-corrected chi connectivity index (χ4v) is 3.59. The number of hydrogen-bond acceptors (Lipinski definition) is 5. The predicted molar refractivity (Wildman–Crippen MR) is 121 cm³/mol. The molecule has 0 aliphatic carbocycles. The van der Waals surface area contributed by atoms with E-state index in [1.54, 1.807) is 31.2 Å². The van der Waals surface area contributed by atoms with Crippen molar-refractivity contribution in [2.24, 2.45) is 11.0 Å². The number of nitrogens with one attached hydrogen (secondary N) is 1. The smallest absolute Gasteiger partial charge is 0.493 e. The molecular weight excluding hydrogens is 451 g/mol. The molecule has 2 aromatic carbocycles. The number of carbonyl (C=O) groups is 2. The van der Waals surface area contributed by atoms with Crippen LogP contribution in [0.5, 0.6) is 11.5 Å². The molecule has 10 heteroatoms. The molecule has 0 fully saturated rings. The van der Waals surface area contributed by atoms with Gasteiger partial charge in [0.05, 0.1) is 19.4 Å². The second-order valence-electron chi connectivity index (χ2n) is 7.76. The van der Waals surface area contributed by atoms with Crippen LogP contribution in [0.2, 0.25) is 0 Å². The molecule has 182 valence electrons. The molecule has 1 unspecified atom stereocenters. The van der Waals surface area contributed by atoms with E-state index in [2.05, 4.69) is 15.2 Å². The minimum atomic E-state index is -4.85. The predicted octanol–water partition coefficient (Wildman–Crippen LogP) is 5.11. The molecule has 2 amide bonds. The van der Waals surface area contributed by atoms with Crippen molar-refractivity contribution >= 4 is 23.2 Å². The van der Waals surface area contributed by atoms with Gasteiger partial charge in [-0.2, -0.15) is 5.10 Å². The van der Waals surface area contributed by atoms with Crippen molar-refractivity contribution in [1.82, 2.24) is 5.01 Å². The zero-order valence-corrected chi connectivity index (χ0v) is 19.1. The number of amides is 2. The first-order valence-electron chi connectivity index (χ1n) is 10.8. The number of benzene rings is 2. The molecule has 1 atom stereocenters. The number of methoxy groups -OCH3 is 1. The van der Waals surface area contributed by atoms with Gasteiger partial charge in [-0.15, -0.1) is 13.2 Å². The number of rotatable bonds is 8. The van der Waals surface area contributed by atoms with Crippen LogP contribution in [0.1, 0.15) is 44.2 Å². The highest BCUT2D eigenvalue weighted by molar-refractivity contribution is 6.06. The summed E-state index contributed by atoms with van der Waals surface area (Å²) in [5.41, 5.74) is 2.61. The number of hydrazone groups is 1. The molecule has 2 aromatic rings. The summed E-state index contributed by atoms with van der Waals surface area (Å²) in [5.74, 6) is -0.967. The normalized spacial score (nSPS) is 16.2. The zero-order valence-electron chi connectivity index (χ0n) is 19.1. The van der Waals surface area contributed by atoms with E-state index in [1.165, 1.54) is 30.3 Å². The van der Waals surface area contributed by atoms with Crippen molar-refractivity contribution < 1.29 is 32.2 Å². The van der Waals surface area contributed by atoms with Crippen LogP contribution in [-0.2, 0) is 16.1 Å².